The second kappa shape index (κ2) is 11.0. The van der Waals surface area contributed by atoms with Gasteiger partial charge in [-0.05, 0) is 91.8 Å². The maximum Gasteiger partial charge on any atom is 0.0464 e. The van der Waals surface area contributed by atoms with Crippen LogP contribution in [0, 0.1) is 0 Å². The van der Waals surface area contributed by atoms with Gasteiger partial charge in [0.15, 0.2) is 0 Å². The Balaban J connectivity index is 1.08. The minimum Gasteiger partial charge on any atom is -0.355 e. The van der Waals surface area contributed by atoms with E-state index in [1.54, 1.807) is 0 Å². The van der Waals surface area contributed by atoms with Gasteiger partial charge in [0.05, 0.1) is 0 Å². The summed E-state index contributed by atoms with van der Waals surface area (Å²) in [5, 5.41) is 11.5. The van der Waals surface area contributed by atoms with E-state index in [1.165, 1.54) is 75.1 Å². The fourth-order valence-corrected chi connectivity index (χ4v) is 7.92. The molecule has 0 saturated carbocycles. The van der Waals surface area contributed by atoms with E-state index in [4.69, 9.17) is 0 Å². The Hall–Kier alpha value is -5.70. The molecule has 0 unspecified atom stereocenters. The van der Waals surface area contributed by atoms with Crippen LogP contribution in [-0.2, 0) is 0 Å². The fraction of sp³-hybridized carbons (Fsp3) is 0. The van der Waals surface area contributed by atoms with Crippen molar-refractivity contribution in [3.05, 3.63) is 170 Å². The Kier molecular flexibility index (Phi) is 6.40. The molecule has 1 aromatic heterocycles. The van der Waals surface area contributed by atoms with E-state index < -0.39 is 0 Å². The average Bonchev–Trinajstić information content (AvgIpc) is 3.50. The highest BCUT2D eigenvalue weighted by Gasteiger charge is 2.12. The largest absolute Gasteiger partial charge is 0.355 e. The molecule has 9 rings (SSSR count). The number of anilines is 2. The molecule has 1 N–H and O–H groups in total. The summed E-state index contributed by atoms with van der Waals surface area (Å²) < 4.78 is 2.65. The molecule has 0 spiro atoms. The van der Waals surface area contributed by atoms with E-state index in [9.17, 15) is 0 Å². The molecule has 1 heterocycles. The van der Waals surface area contributed by atoms with Crippen molar-refractivity contribution < 1.29 is 0 Å². The summed E-state index contributed by atoms with van der Waals surface area (Å²) in [6.45, 7) is 0. The minimum absolute atomic E-state index is 1.06. The van der Waals surface area contributed by atoms with Crippen molar-refractivity contribution in [2.75, 3.05) is 5.32 Å². The molecule has 216 valence electrons. The van der Waals surface area contributed by atoms with E-state index in [1.807, 2.05) is 11.3 Å². The molecule has 2 heteroatoms. The summed E-state index contributed by atoms with van der Waals surface area (Å²) in [6, 6.07) is 61.5. The van der Waals surface area contributed by atoms with Crippen LogP contribution in [0.2, 0.25) is 0 Å². The highest BCUT2D eigenvalue weighted by molar-refractivity contribution is 7.25. The third-order valence-electron chi connectivity index (χ3n) is 9.06. The van der Waals surface area contributed by atoms with Gasteiger partial charge in [0, 0.05) is 37.1 Å². The highest BCUT2D eigenvalue weighted by atomic mass is 32.1. The summed E-state index contributed by atoms with van der Waals surface area (Å²) >= 11 is 1.86. The molecule has 9 aromatic rings. The molecule has 0 amide bonds. The van der Waals surface area contributed by atoms with Crippen LogP contribution in [-0.4, -0.2) is 0 Å². The van der Waals surface area contributed by atoms with E-state index >= 15 is 0 Å². The van der Waals surface area contributed by atoms with Crippen LogP contribution >= 0.6 is 11.3 Å². The first-order valence-corrected chi connectivity index (χ1v) is 16.5. The van der Waals surface area contributed by atoms with Gasteiger partial charge in [-0.15, -0.1) is 11.3 Å². The normalized spacial score (nSPS) is 11.5. The van der Waals surface area contributed by atoms with Crippen LogP contribution < -0.4 is 5.32 Å². The van der Waals surface area contributed by atoms with Crippen molar-refractivity contribution >= 4 is 64.4 Å². The van der Waals surface area contributed by atoms with Crippen LogP contribution in [0.5, 0.6) is 0 Å². The molecular formula is C44H29NS. The quantitative estimate of drug-likeness (QED) is 0.193. The molecule has 46 heavy (non-hydrogen) atoms. The SMILES string of the molecule is c1ccc(-c2cc(-c3ccc4c(c3)sc3ccccc34)ccc2Nc2ccc(-c3cc4ccccc4c4ccccc34)cc2)cc1. The van der Waals surface area contributed by atoms with Crippen LogP contribution in [0.25, 0.3) is 75.1 Å². The number of fused-ring (bicyclic) bond motifs is 6. The molecule has 8 aromatic carbocycles. The third kappa shape index (κ3) is 4.63. The zero-order valence-electron chi connectivity index (χ0n) is 25.1. The van der Waals surface area contributed by atoms with Gasteiger partial charge < -0.3 is 5.32 Å². The summed E-state index contributed by atoms with van der Waals surface area (Å²) in [5.74, 6) is 0. The third-order valence-corrected chi connectivity index (χ3v) is 10.2. The Morgan fingerprint density at radius 1 is 0.348 bits per heavy atom. The van der Waals surface area contributed by atoms with Gasteiger partial charge in [0.2, 0.25) is 0 Å². The predicted octanol–water partition coefficient (Wildman–Crippen LogP) is 13.1. The Bertz CT molecular complexity index is 2540. The smallest absolute Gasteiger partial charge is 0.0464 e. The van der Waals surface area contributed by atoms with Crippen molar-refractivity contribution in [2.45, 2.75) is 0 Å². The van der Waals surface area contributed by atoms with Crippen molar-refractivity contribution in [2.24, 2.45) is 0 Å². The molecule has 0 atom stereocenters. The van der Waals surface area contributed by atoms with Crippen LogP contribution in [0.4, 0.5) is 11.4 Å². The lowest BCUT2D eigenvalue weighted by Crippen LogP contribution is -1.94. The van der Waals surface area contributed by atoms with E-state index in [-0.39, 0.29) is 0 Å². The van der Waals surface area contributed by atoms with Gasteiger partial charge in [-0.1, -0.05) is 127 Å². The van der Waals surface area contributed by atoms with Gasteiger partial charge in [0.25, 0.3) is 0 Å². The monoisotopic (exact) mass is 603 g/mol. The molecular weight excluding hydrogens is 575 g/mol. The summed E-state index contributed by atoms with van der Waals surface area (Å²) in [6.07, 6.45) is 0. The molecule has 0 saturated heterocycles. The second-order valence-corrected chi connectivity index (χ2v) is 12.9. The minimum atomic E-state index is 1.06. The number of nitrogens with one attached hydrogen (secondary N) is 1. The van der Waals surface area contributed by atoms with Crippen LogP contribution in [0.15, 0.2) is 170 Å². The molecule has 1 nitrogen and oxygen atoms in total. The lowest BCUT2D eigenvalue weighted by molar-refractivity contribution is 1.52. The maximum atomic E-state index is 3.74. The summed E-state index contributed by atoms with van der Waals surface area (Å²) in [4.78, 5) is 0. The molecule has 0 radical (unpaired) electrons. The topological polar surface area (TPSA) is 12.0 Å². The van der Waals surface area contributed by atoms with Gasteiger partial charge >= 0.3 is 0 Å². The van der Waals surface area contributed by atoms with Gasteiger partial charge in [-0.25, -0.2) is 0 Å². The van der Waals surface area contributed by atoms with E-state index in [0.29, 0.717) is 0 Å². The molecule has 0 aliphatic rings. The molecule has 0 aliphatic heterocycles. The van der Waals surface area contributed by atoms with Crippen LogP contribution in [0.1, 0.15) is 0 Å². The lowest BCUT2D eigenvalue weighted by Gasteiger charge is -2.16. The maximum absolute atomic E-state index is 3.74. The van der Waals surface area contributed by atoms with Gasteiger partial charge in [-0.3, -0.25) is 0 Å². The number of benzene rings is 8. The van der Waals surface area contributed by atoms with Crippen molar-refractivity contribution in [1.29, 1.82) is 0 Å². The van der Waals surface area contributed by atoms with E-state index in [2.05, 4.69) is 175 Å². The Morgan fingerprint density at radius 3 is 1.80 bits per heavy atom. The average molecular weight is 604 g/mol. The number of hydrogen-bond acceptors (Lipinski definition) is 2. The van der Waals surface area contributed by atoms with Crippen molar-refractivity contribution in [1.82, 2.24) is 0 Å². The first kappa shape index (κ1) is 26.7. The van der Waals surface area contributed by atoms with Crippen LogP contribution in [0.3, 0.4) is 0 Å². The number of thiophene rings is 1. The predicted molar refractivity (Wildman–Crippen MR) is 200 cm³/mol. The highest BCUT2D eigenvalue weighted by Crippen LogP contribution is 2.40. The Labute approximate surface area is 272 Å². The molecule has 0 fully saturated rings. The fourth-order valence-electron chi connectivity index (χ4n) is 6.78. The first-order valence-electron chi connectivity index (χ1n) is 15.7. The number of rotatable bonds is 5. The van der Waals surface area contributed by atoms with Crippen molar-refractivity contribution in [3.63, 3.8) is 0 Å². The zero-order chi connectivity index (χ0) is 30.5. The zero-order valence-corrected chi connectivity index (χ0v) is 25.9. The standard InChI is InChI=1S/C44H29NS/c1-2-10-29(11-3-1)41-26-31(32-20-24-39-38-16-8-9-17-43(38)46-44(39)28-32)21-25-42(41)45-34-22-18-30(19-23-34)40-27-33-12-4-5-13-35(33)36-14-6-7-15-37(36)40/h1-28,45H. The second-order valence-electron chi connectivity index (χ2n) is 11.8. The van der Waals surface area contributed by atoms with Gasteiger partial charge in [0.1, 0.15) is 0 Å². The Morgan fingerprint density at radius 2 is 0.957 bits per heavy atom. The van der Waals surface area contributed by atoms with Gasteiger partial charge in [-0.2, -0.15) is 0 Å². The summed E-state index contributed by atoms with van der Waals surface area (Å²) in [5.41, 5.74) is 9.42. The number of hydrogen-bond donors (Lipinski definition) is 1. The molecule has 0 bridgehead atoms. The lowest BCUT2D eigenvalue weighted by atomic mass is 9.93. The van der Waals surface area contributed by atoms with Crippen molar-refractivity contribution in [3.8, 4) is 33.4 Å². The molecule has 0 aliphatic carbocycles. The first-order chi connectivity index (χ1) is 22.8. The van der Waals surface area contributed by atoms with E-state index in [0.717, 1.165) is 11.4 Å². The summed E-state index contributed by atoms with van der Waals surface area (Å²) in [7, 11) is 0.